The zero-order valence-corrected chi connectivity index (χ0v) is 21.9. The molecule has 1 N–H and O–H groups in total. The van der Waals surface area contributed by atoms with E-state index in [0.717, 1.165) is 11.1 Å². The number of nitro benzene ring substituents is 1. The van der Waals surface area contributed by atoms with Crippen LogP contribution in [0, 0.1) is 10.1 Å². The summed E-state index contributed by atoms with van der Waals surface area (Å²) in [6.07, 6.45) is 0.596. The second kappa shape index (κ2) is 10.6. The van der Waals surface area contributed by atoms with Gasteiger partial charge in [0.1, 0.15) is 5.75 Å². The van der Waals surface area contributed by atoms with E-state index in [1.165, 1.54) is 25.3 Å². The van der Waals surface area contributed by atoms with E-state index in [4.69, 9.17) is 14.2 Å². The van der Waals surface area contributed by atoms with Gasteiger partial charge in [-0.15, -0.1) is 0 Å². The topological polar surface area (TPSA) is 120 Å². The van der Waals surface area contributed by atoms with Crippen molar-refractivity contribution in [1.82, 2.24) is 4.90 Å². The first-order valence-electron chi connectivity index (χ1n) is 12.8. The molecule has 39 heavy (non-hydrogen) atoms. The largest absolute Gasteiger partial charge is 0.495 e. The lowest BCUT2D eigenvalue weighted by Gasteiger charge is -2.45. The third-order valence-electron chi connectivity index (χ3n) is 7.12. The van der Waals surface area contributed by atoms with E-state index in [-0.39, 0.29) is 23.0 Å². The summed E-state index contributed by atoms with van der Waals surface area (Å²) in [4.78, 5) is 40.3. The van der Waals surface area contributed by atoms with E-state index >= 15 is 0 Å². The Morgan fingerprint density at radius 1 is 1.03 bits per heavy atom. The maximum Gasteiger partial charge on any atom is 0.271 e. The number of hydrogen-bond acceptors (Lipinski definition) is 7. The smallest absolute Gasteiger partial charge is 0.271 e. The van der Waals surface area contributed by atoms with Crippen molar-refractivity contribution in [3.63, 3.8) is 0 Å². The van der Waals surface area contributed by atoms with Crippen molar-refractivity contribution < 1.29 is 28.7 Å². The summed E-state index contributed by atoms with van der Waals surface area (Å²) in [7, 11) is 1.43. The van der Waals surface area contributed by atoms with Crippen molar-refractivity contribution in [2.75, 3.05) is 32.2 Å². The molecule has 0 spiro atoms. The monoisotopic (exact) mass is 531 g/mol. The minimum Gasteiger partial charge on any atom is -0.495 e. The number of nitrogens with zero attached hydrogens (tertiary/aromatic N) is 2. The number of ether oxygens (including phenoxy) is 3. The second-order valence-corrected chi connectivity index (χ2v) is 9.25. The number of rotatable bonds is 8. The van der Waals surface area contributed by atoms with Crippen molar-refractivity contribution in [2.24, 2.45) is 0 Å². The van der Waals surface area contributed by atoms with Crippen LogP contribution in [0.3, 0.4) is 0 Å². The Bertz CT molecular complexity index is 1450. The number of benzene rings is 3. The van der Waals surface area contributed by atoms with Gasteiger partial charge in [-0.25, -0.2) is 0 Å². The molecule has 2 heterocycles. The molecule has 2 atom stereocenters. The van der Waals surface area contributed by atoms with Gasteiger partial charge in [0.05, 0.1) is 42.9 Å². The third kappa shape index (κ3) is 4.62. The normalized spacial score (nSPS) is 17.4. The van der Waals surface area contributed by atoms with Crippen molar-refractivity contribution in [3.05, 3.63) is 87.0 Å². The molecule has 5 rings (SSSR count). The van der Waals surface area contributed by atoms with E-state index in [1.54, 1.807) is 29.2 Å². The zero-order chi connectivity index (χ0) is 27.7. The maximum atomic E-state index is 14.1. The highest BCUT2D eigenvalue weighted by molar-refractivity contribution is 6.05. The standard InChI is InChI=1S/C29H29N3O7/c1-4-38-24-14-17-12-13-31-27(21(17)16-25(24)39-5-2)26(19-8-6-7-9-20(19)29(31)34)28(33)30-22-15-18(32(35)36)10-11-23(22)37-3/h6-11,14-16,26-27H,4-5,12-13H2,1-3H3,(H,30,33). The zero-order valence-electron chi connectivity index (χ0n) is 21.9. The summed E-state index contributed by atoms with van der Waals surface area (Å²) in [5.41, 5.74) is 2.82. The lowest BCUT2D eigenvalue weighted by atomic mass is 9.75. The first kappa shape index (κ1) is 26.0. The molecule has 0 saturated carbocycles. The Labute approximate surface area is 225 Å². The molecular weight excluding hydrogens is 502 g/mol. The Morgan fingerprint density at radius 2 is 1.74 bits per heavy atom. The number of carbonyl (C=O) groups is 2. The maximum absolute atomic E-state index is 14.1. The second-order valence-electron chi connectivity index (χ2n) is 9.25. The molecule has 0 bridgehead atoms. The van der Waals surface area contributed by atoms with E-state index in [2.05, 4.69) is 5.32 Å². The number of hydrogen-bond donors (Lipinski definition) is 1. The fourth-order valence-corrected chi connectivity index (χ4v) is 5.47. The highest BCUT2D eigenvalue weighted by Crippen LogP contribution is 2.49. The van der Waals surface area contributed by atoms with Gasteiger partial charge in [-0.3, -0.25) is 19.7 Å². The van der Waals surface area contributed by atoms with Gasteiger partial charge < -0.3 is 24.4 Å². The van der Waals surface area contributed by atoms with Crippen LogP contribution in [-0.2, 0) is 11.2 Å². The summed E-state index contributed by atoms with van der Waals surface area (Å²) >= 11 is 0. The van der Waals surface area contributed by atoms with Crippen LogP contribution in [0.15, 0.2) is 54.6 Å². The van der Waals surface area contributed by atoms with Gasteiger partial charge in [-0.05, 0) is 61.2 Å². The molecule has 0 aliphatic carbocycles. The Morgan fingerprint density at radius 3 is 2.44 bits per heavy atom. The van der Waals surface area contributed by atoms with Gasteiger partial charge in [-0.2, -0.15) is 0 Å². The van der Waals surface area contributed by atoms with E-state index < -0.39 is 22.8 Å². The number of non-ortho nitro benzene ring substituents is 1. The van der Waals surface area contributed by atoms with E-state index in [1.807, 2.05) is 26.0 Å². The number of carbonyl (C=O) groups excluding carboxylic acids is 2. The molecular formula is C29H29N3O7. The van der Waals surface area contributed by atoms with Gasteiger partial charge in [0.2, 0.25) is 5.91 Å². The van der Waals surface area contributed by atoms with Crippen LogP contribution in [0.5, 0.6) is 17.2 Å². The molecule has 10 heteroatoms. The quantitative estimate of drug-likeness (QED) is 0.325. The molecule has 0 radical (unpaired) electrons. The molecule has 2 unspecified atom stereocenters. The van der Waals surface area contributed by atoms with Gasteiger partial charge in [-0.1, -0.05) is 18.2 Å². The minimum atomic E-state index is -0.797. The number of nitrogens with one attached hydrogen (secondary N) is 1. The lowest BCUT2D eigenvalue weighted by Crippen LogP contribution is -2.49. The van der Waals surface area contributed by atoms with E-state index in [9.17, 15) is 19.7 Å². The molecule has 2 aliphatic rings. The molecule has 2 amide bonds. The summed E-state index contributed by atoms with van der Waals surface area (Å²) in [5, 5.41) is 14.3. The van der Waals surface area contributed by atoms with Gasteiger partial charge in [0, 0.05) is 24.2 Å². The van der Waals surface area contributed by atoms with Crippen LogP contribution in [0.4, 0.5) is 11.4 Å². The SMILES string of the molecule is CCOc1cc2c(cc1OCC)C1C(C(=O)Nc3cc([N+](=O)[O-])ccc3OC)c3ccccc3C(=O)N1CC2. The predicted octanol–water partition coefficient (Wildman–Crippen LogP) is 4.88. The number of nitro groups is 1. The molecule has 3 aromatic carbocycles. The van der Waals surface area contributed by atoms with Crippen LogP contribution >= 0.6 is 0 Å². The summed E-state index contributed by atoms with van der Waals surface area (Å²) in [6, 6.07) is 14.3. The Kier molecular flexibility index (Phi) is 7.10. The van der Waals surface area contributed by atoms with Gasteiger partial charge in [0.15, 0.2) is 11.5 Å². The van der Waals surface area contributed by atoms with Crippen molar-refractivity contribution in [1.29, 1.82) is 0 Å². The highest BCUT2D eigenvalue weighted by Gasteiger charge is 2.47. The first-order chi connectivity index (χ1) is 18.9. The van der Waals surface area contributed by atoms with Crippen LogP contribution in [0.25, 0.3) is 0 Å². The summed E-state index contributed by atoms with van der Waals surface area (Å²) in [6.45, 7) is 5.09. The molecule has 2 aliphatic heterocycles. The van der Waals surface area contributed by atoms with Crippen LogP contribution in [0.1, 0.15) is 52.9 Å². The molecule has 3 aromatic rings. The van der Waals surface area contributed by atoms with Gasteiger partial charge in [0.25, 0.3) is 11.6 Å². The predicted molar refractivity (Wildman–Crippen MR) is 144 cm³/mol. The van der Waals surface area contributed by atoms with E-state index in [0.29, 0.717) is 48.8 Å². The number of amides is 2. The molecule has 0 saturated heterocycles. The number of anilines is 1. The average molecular weight is 532 g/mol. The van der Waals surface area contributed by atoms with Crippen molar-refractivity contribution >= 4 is 23.2 Å². The number of methoxy groups -OCH3 is 1. The number of fused-ring (bicyclic) bond motifs is 4. The fraction of sp³-hybridized carbons (Fsp3) is 0.310. The fourth-order valence-electron chi connectivity index (χ4n) is 5.47. The molecule has 0 aromatic heterocycles. The molecule has 10 nitrogen and oxygen atoms in total. The molecule has 0 fully saturated rings. The van der Waals surface area contributed by atoms with Crippen molar-refractivity contribution in [3.8, 4) is 17.2 Å². The van der Waals surface area contributed by atoms with Crippen LogP contribution in [0.2, 0.25) is 0 Å². The summed E-state index contributed by atoms with van der Waals surface area (Å²) < 4.78 is 17.1. The summed E-state index contributed by atoms with van der Waals surface area (Å²) in [5.74, 6) is 0.0973. The first-order valence-corrected chi connectivity index (χ1v) is 12.8. The van der Waals surface area contributed by atoms with Crippen molar-refractivity contribution in [2.45, 2.75) is 32.2 Å². The minimum absolute atomic E-state index is 0.148. The third-order valence-corrected chi connectivity index (χ3v) is 7.12. The molecule has 202 valence electrons. The highest BCUT2D eigenvalue weighted by atomic mass is 16.6. The Hall–Kier alpha value is -4.60. The lowest BCUT2D eigenvalue weighted by molar-refractivity contribution is -0.384. The van der Waals surface area contributed by atoms with Crippen LogP contribution < -0.4 is 19.5 Å². The Balaban J connectivity index is 1.64. The van der Waals surface area contributed by atoms with Crippen LogP contribution in [-0.4, -0.2) is 48.5 Å². The average Bonchev–Trinajstić information content (AvgIpc) is 2.93. The van der Waals surface area contributed by atoms with Gasteiger partial charge >= 0.3 is 0 Å².